The smallest absolute Gasteiger partial charge is 0.271 e. The summed E-state index contributed by atoms with van der Waals surface area (Å²) in [6.45, 7) is 4.55. The van der Waals surface area contributed by atoms with Gasteiger partial charge in [-0.05, 0) is 85.1 Å². The van der Waals surface area contributed by atoms with Gasteiger partial charge in [0.1, 0.15) is 12.4 Å². The molecule has 6 rings (SSSR count). The van der Waals surface area contributed by atoms with Crippen molar-refractivity contribution in [3.63, 3.8) is 0 Å². The Balaban J connectivity index is 1.39. The number of ether oxygens (including phenoxy) is 3. The van der Waals surface area contributed by atoms with Gasteiger partial charge in [0.2, 0.25) is 0 Å². The molecule has 0 aliphatic carbocycles. The van der Waals surface area contributed by atoms with E-state index in [0.29, 0.717) is 56.8 Å². The predicted octanol–water partition coefficient (Wildman–Crippen LogP) is 6.62. The second kappa shape index (κ2) is 14.2. The molecule has 2 heterocycles. The zero-order valence-electron chi connectivity index (χ0n) is 26.0. The molecule has 238 valence electrons. The van der Waals surface area contributed by atoms with Crippen LogP contribution in [0, 0.1) is 0 Å². The van der Waals surface area contributed by atoms with Crippen LogP contribution in [0.4, 0.5) is 5.69 Å². The van der Waals surface area contributed by atoms with E-state index in [1.807, 2.05) is 110 Å². The van der Waals surface area contributed by atoms with Crippen LogP contribution in [0.25, 0.3) is 6.08 Å². The fraction of sp³-hybridized carbons (Fsp3) is 0.162. The van der Waals surface area contributed by atoms with Crippen molar-refractivity contribution in [2.45, 2.75) is 26.5 Å². The molecule has 0 saturated heterocycles. The third-order valence-corrected chi connectivity index (χ3v) is 9.09. The van der Waals surface area contributed by atoms with Crippen LogP contribution in [0.15, 0.2) is 123 Å². The van der Waals surface area contributed by atoms with Crippen molar-refractivity contribution in [3.8, 4) is 17.2 Å². The van der Waals surface area contributed by atoms with E-state index in [1.165, 1.54) is 11.3 Å². The fourth-order valence-corrected chi connectivity index (χ4v) is 6.66. The lowest BCUT2D eigenvalue weighted by atomic mass is 9.95. The number of nitrogens with zero attached hydrogens (tertiary/aromatic N) is 2. The van der Waals surface area contributed by atoms with Crippen molar-refractivity contribution < 1.29 is 19.0 Å². The highest BCUT2D eigenvalue weighted by Gasteiger charge is 2.32. The van der Waals surface area contributed by atoms with Gasteiger partial charge in [-0.2, -0.15) is 0 Å². The number of hydrogen-bond donors (Lipinski definition) is 1. The van der Waals surface area contributed by atoms with Gasteiger partial charge in [-0.1, -0.05) is 75.8 Å². The van der Waals surface area contributed by atoms with E-state index in [2.05, 4.69) is 21.2 Å². The lowest BCUT2D eigenvalue weighted by Crippen LogP contribution is -2.40. The van der Waals surface area contributed by atoms with Gasteiger partial charge in [-0.3, -0.25) is 14.2 Å². The van der Waals surface area contributed by atoms with E-state index in [0.717, 1.165) is 21.2 Å². The highest BCUT2D eigenvalue weighted by Crippen LogP contribution is 2.33. The van der Waals surface area contributed by atoms with Gasteiger partial charge in [-0.25, -0.2) is 4.99 Å². The van der Waals surface area contributed by atoms with Crippen LogP contribution in [-0.4, -0.2) is 24.2 Å². The number of carbonyl (C=O) groups excluding carboxylic acids is 1. The number of benzene rings is 4. The van der Waals surface area contributed by atoms with E-state index in [9.17, 15) is 9.59 Å². The summed E-state index contributed by atoms with van der Waals surface area (Å²) in [5.41, 5.74) is 3.83. The molecule has 10 heteroatoms. The molecule has 1 aliphatic rings. The van der Waals surface area contributed by atoms with Gasteiger partial charge in [0.05, 0.1) is 35.6 Å². The van der Waals surface area contributed by atoms with E-state index >= 15 is 0 Å². The maximum absolute atomic E-state index is 14.2. The predicted molar refractivity (Wildman–Crippen MR) is 188 cm³/mol. The first-order valence-electron chi connectivity index (χ1n) is 15.0. The maximum atomic E-state index is 14.2. The summed E-state index contributed by atoms with van der Waals surface area (Å²) >= 11 is 4.73. The quantitative estimate of drug-likeness (QED) is 0.176. The summed E-state index contributed by atoms with van der Waals surface area (Å²) in [7, 11) is 1.59. The molecule has 5 aromatic rings. The monoisotopic (exact) mass is 709 g/mol. The molecule has 0 spiro atoms. The number of aromatic nitrogens is 1. The fourth-order valence-electron chi connectivity index (χ4n) is 5.35. The number of para-hydroxylation sites is 1. The molecule has 1 amide bonds. The van der Waals surface area contributed by atoms with Crippen molar-refractivity contribution >= 4 is 44.9 Å². The summed E-state index contributed by atoms with van der Waals surface area (Å²) in [6, 6.07) is 29.4. The van der Waals surface area contributed by atoms with Gasteiger partial charge in [-0.15, -0.1) is 0 Å². The van der Waals surface area contributed by atoms with E-state index in [4.69, 9.17) is 19.2 Å². The van der Waals surface area contributed by atoms with E-state index in [-0.39, 0.29) is 11.5 Å². The average molecular weight is 711 g/mol. The highest BCUT2D eigenvalue weighted by molar-refractivity contribution is 9.10. The Labute approximate surface area is 284 Å². The number of methoxy groups -OCH3 is 1. The first-order chi connectivity index (χ1) is 22.8. The molecule has 0 unspecified atom stereocenters. The van der Waals surface area contributed by atoms with Crippen LogP contribution >= 0.6 is 27.3 Å². The normalized spacial score (nSPS) is 14.3. The molecule has 1 aromatic heterocycles. The number of anilines is 1. The molecule has 0 bridgehead atoms. The molecule has 1 N–H and O–H groups in total. The molecular formula is C37H32BrN3O5S. The van der Waals surface area contributed by atoms with Gasteiger partial charge >= 0.3 is 0 Å². The number of nitrogens with one attached hydrogen (secondary N) is 1. The van der Waals surface area contributed by atoms with Crippen LogP contribution in [0.5, 0.6) is 17.2 Å². The molecule has 0 saturated carbocycles. The van der Waals surface area contributed by atoms with E-state index < -0.39 is 6.04 Å². The van der Waals surface area contributed by atoms with Crippen LogP contribution < -0.4 is 34.4 Å². The topological polar surface area (TPSA) is 91.2 Å². The minimum Gasteiger partial charge on any atom is -0.497 e. The second-order valence-electron chi connectivity index (χ2n) is 10.7. The molecule has 0 fully saturated rings. The lowest BCUT2D eigenvalue weighted by molar-refractivity contribution is -0.113. The molecular weight excluding hydrogens is 678 g/mol. The number of fused-ring (bicyclic) bond motifs is 1. The molecule has 4 aromatic carbocycles. The van der Waals surface area contributed by atoms with E-state index in [1.54, 1.807) is 18.6 Å². The van der Waals surface area contributed by atoms with Crippen LogP contribution in [0.3, 0.4) is 0 Å². The number of hydrogen-bond acceptors (Lipinski definition) is 7. The average Bonchev–Trinajstić information content (AvgIpc) is 3.38. The lowest BCUT2D eigenvalue weighted by Gasteiger charge is -2.25. The second-order valence-corrected chi connectivity index (χ2v) is 12.7. The third kappa shape index (κ3) is 7.08. The first-order valence-corrected chi connectivity index (χ1v) is 16.6. The van der Waals surface area contributed by atoms with Crippen molar-refractivity contribution in [1.29, 1.82) is 0 Å². The van der Waals surface area contributed by atoms with Crippen LogP contribution in [0.1, 0.15) is 36.6 Å². The maximum Gasteiger partial charge on any atom is 0.271 e. The standard InChI is InChI=1S/C37H32BrN3O5S/c1-4-45-31-19-25(15-18-30(31)46-22-24-13-16-27(38)17-14-24)20-32-36(43)41-34(26-9-8-12-29(21-26)44-3)33(23(2)39-37(41)47-32)35(42)40-28-10-6-5-7-11-28/h5-21,34H,4,22H2,1-3H3,(H,40,42)/b32-20-/t34-/m0/s1. The van der Waals surface area contributed by atoms with Crippen molar-refractivity contribution in [2.24, 2.45) is 4.99 Å². The Kier molecular flexibility index (Phi) is 9.70. The Hall–Kier alpha value is -4.93. The Morgan fingerprint density at radius 1 is 0.979 bits per heavy atom. The molecule has 0 radical (unpaired) electrons. The first kappa shape index (κ1) is 32.0. The summed E-state index contributed by atoms with van der Waals surface area (Å²) < 4.78 is 20.6. The Bertz CT molecular complexity index is 2140. The summed E-state index contributed by atoms with van der Waals surface area (Å²) in [5.74, 6) is 1.47. The SMILES string of the molecule is CCOc1cc(/C=c2\sc3n(c2=O)[C@@H](c2cccc(OC)c2)C(C(=O)Nc2ccccc2)=C(C)N=3)ccc1OCc1ccc(Br)cc1. The third-order valence-electron chi connectivity index (χ3n) is 7.58. The minimum absolute atomic E-state index is 0.257. The molecule has 1 atom stereocenters. The zero-order valence-corrected chi connectivity index (χ0v) is 28.4. The van der Waals surface area contributed by atoms with Gasteiger partial charge < -0.3 is 19.5 Å². The Morgan fingerprint density at radius 3 is 2.51 bits per heavy atom. The molecule has 1 aliphatic heterocycles. The van der Waals surface area contributed by atoms with Gasteiger partial charge in [0.15, 0.2) is 16.3 Å². The molecule has 8 nitrogen and oxygen atoms in total. The number of amides is 1. The largest absolute Gasteiger partial charge is 0.497 e. The van der Waals surface area contributed by atoms with Gasteiger partial charge in [0.25, 0.3) is 11.5 Å². The number of allylic oxidation sites excluding steroid dienone is 1. The van der Waals surface area contributed by atoms with Crippen molar-refractivity contribution in [2.75, 3.05) is 19.0 Å². The van der Waals surface area contributed by atoms with Crippen LogP contribution in [0.2, 0.25) is 0 Å². The van der Waals surface area contributed by atoms with Gasteiger partial charge in [0, 0.05) is 10.2 Å². The highest BCUT2D eigenvalue weighted by atomic mass is 79.9. The number of thiazole rings is 1. The summed E-state index contributed by atoms with van der Waals surface area (Å²) in [5, 5.41) is 2.98. The Morgan fingerprint density at radius 2 is 1.77 bits per heavy atom. The zero-order chi connectivity index (χ0) is 32.9. The summed E-state index contributed by atoms with van der Waals surface area (Å²) in [6.07, 6.45) is 1.82. The van der Waals surface area contributed by atoms with Crippen molar-refractivity contribution in [1.82, 2.24) is 4.57 Å². The molecule has 47 heavy (non-hydrogen) atoms. The minimum atomic E-state index is -0.722. The van der Waals surface area contributed by atoms with Crippen LogP contribution in [-0.2, 0) is 11.4 Å². The summed E-state index contributed by atoms with van der Waals surface area (Å²) in [4.78, 5) is 33.3. The van der Waals surface area contributed by atoms with Crippen molar-refractivity contribution in [3.05, 3.63) is 149 Å². The number of carbonyl (C=O) groups is 1. The number of rotatable bonds is 10. The number of halogens is 1.